The Bertz CT molecular complexity index is 5320. The number of aliphatic imine (C=N–C) groups is 3. The van der Waals surface area contributed by atoms with E-state index in [-0.39, 0.29) is 67.4 Å². The predicted octanol–water partition coefficient (Wildman–Crippen LogP) is 18.4. The molecule has 3 saturated heterocycles. The van der Waals surface area contributed by atoms with E-state index in [1.54, 1.807) is 71.0 Å². The average molecular weight is 1880 g/mol. The van der Waals surface area contributed by atoms with Gasteiger partial charge in [-0.05, 0) is 177 Å². The molecule has 0 bridgehead atoms. The molecule has 6 aliphatic rings. The zero-order valence-corrected chi connectivity index (χ0v) is 75.9. The van der Waals surface area contributed by atoms with Crippen LogP contribution in [0.5, 0.6) is 34.5 Å². The van der Waals surface area contributed by atoms with Gasteiger partial charge in [-0.2, -0.15) is 0 Å². The van der Waals surface area contributed by atoms with Crippen molar-refractivity contribution in [3.63, 3.8) is 0 Å². The number of piperazine rings is 3. The largest absolute Gasteiger partial charge is 0.497 e. The van der Waals surface area contributed by atoms with Crippen molar-refractivity contribution in [2.75, 3.05) is 113 Å². The van der Waals surface area contributed by atoms with E-state index in [0.717, 1.165) is 47.9 Å². The molecule has 2 N–H and O–H groups in total. The highest BCUT2D eigenvalue weighted by atomic mass is 79.9. The Labute approximate surface area is 754 Å². The van der Waals surface area contributed by atoms with Crippen molar-refractivity contribution < 1.29 is 57.5 Å². The lowest BCUT2D eigenvalue weighted by Gasteiger charge is -2.39. The van der Waals surface area contributed by atoms with Crippen LogP contribution in [0, 0.1) is 0 Å². The molecule has 6 atom stereocenters. The molecule has 8 amide bonds. The lowest BCUT2D eigenvalue weighted by atomic mass is 9.93. The van der Waals surface area contributed by atoms with Crippen LogP contribution in [0.1, 0.15) is 128 Å². The molecule has 123 heavy (non-hydrogen) atoms. The number of amidine groups is 3. The highest BCUT2D eigenvalue weighted by Gasteiger charge is 2.49. The van der Waals surface area contributed by atoms with E-state index in [9.17, 15) is 29.1 Å². The van der Waals surface area contributed by atoms with Crippen LogP contribution in [0.15, 0.2) is 224 Å². The van der Waals surface area contributed by atoms with Gasteiger partial charge < -0.3 is 58.4 Å². The number of carbonyl (C=O) groups excluding carboxylic acids is 5. The Hall–Kier alpha value is -10.4. The molecule has 9 aromatic rings. The summed E-state index contributed by atoms with van der Waals surface area (Å²) in [7, 11) is 4.81. The monoisotopic (exact) mass is 1870 g/mol. The second-order valence-corrected chi connectivity index (χ2v) is 34.0. The number of carbonyl (C=O) groups is 5. The van der Waals surface area contributed by atoms with Crippen LogP contribution in [0.25, 0.3) is 0 Å². The van der Waals surface area contributed by atoms with Crippen LogP contribution in [0.2, 0.25) is 20.1 Å². The second-order valence-electron chi connectivity index (χ2n) is 30.5. The summed E-state index contributed by atoms with van der Waals surface area (Å²) >= 11 is 32.1. The van der Waals surface area contributed by atoms with E-state index in [1.807, 2.05) is 202 Å². The number of methoxy groups -OCH3 is 3. The molecule has 9 aromatic carbocycles. The number of halogens is 6. The van der Waals surface area contributed by atoms with E-state index in [2.05, 4.69) is 66.3 Å². The number of aliphatic hydroxyl groups is 1. The van der Waals surface area contributed by atoms with Gasteiger partial charge in [0.25, 0.3) is 0 Å². The zero-order chi connectivity index (χ0) is 87.3. The fourth-order valence-corrected chi connectivity index (χ4v) is 16.8. The van der Waals surface area contributed by atoms with Crippen LogP contribution in [-0.4, -0.2) is 217 Å². The summed E-state index contributed by atoms with van der Waals surface area (Å²) in [5.74, 6) is 4.93. The molecule has 6 aliphatic heterocycles. The summed E-state index contributed by atoms with van der Waals surface area (Å²) in [6.07, 6.45) is -0.261. The molecule has 30 heteroatoms. The number of hydrogen-bond donors (Lipinski definition) is 2. The SMILES string of the molecule is CCOc1cc(OC)ccc1C1=N[C@H](c2ccc(Br)cc2)[C@H](c2ccc(Br)cc2)N1C(=O)N1CCN(CCO)CC1.COc1ccc(C2=N[C@@H](c3ccc(Cl)cc3)[C@@H](c3ccc(Cl)cc3)N2C(=O)N2CCNC(=O)C2)c(OC(C)C)c1.COc1ccc(C2=N[C@H](c3ccc(Cl)cc3)[C@H](c3ccc(Cl)cc3)N2C(=O)N2CCN(C(C)=O)CC2)c(OC(C)C)c1. The van der Waals surface area contributed by atoms with Gasteiger partial charge in [0.1, 0.15) is 76.7 Å². The summed E-state index contributed by atoms with van der Waals surface area (Å²) in [5.41, 5.74) is 7.57. The minimum atomic E-state index is -0.528. The Morgan fingerprint density at radius 1 is 0.439 bits per heavy atom. The van der Waals surface area contributed by atoms with Crippen LogP contribution in [0.3, 0.4) is 0 Å². The van der Waals surface area contributed by atoms with Crippen molar-refractivity contribution in [2.24, 2.45) is 15.0 Å². The molecule has 644 valence electrons. The third-order valence-corrected chi connectivity index (χ3v) is 23.8. The maximum Gasteiger partial charge on any atom is 0.326 e. The Kier molecular flexibility index (Phi) is 30.4. The molecule has 0 aliphatic carbocycles. The molecular weight excluding hydrogens is 1780 g/mol. The third-order valence-electron chi connectivity index (χ3n) is 21.8. The first-order valence-corrected chi connectivity index (χ1v) is 43.8. The molecule has 15 rings (SSSR count). The topological polar surface area (TPSA) is 236 Å². The number of rotatable bonds is 20. The second kappa shape index (κ2) is 41.4. The molecule has 24 nitrogen and oxygen atoms in total. The van der Waals surface area contributed by atoms with Crippen molar-refractivity contribution >= 4 is 126 Å². The van der Waals surface area contributed by atoms with Crippen LogP contribution >= 0.6 is 78.3 Å². The van der Waals surface area contributed by atoms with E-state index >= 15 is 0 Å². The summed E-state index contributed by atoms with van der Waals surface area (Å²) in [5, 5.41) is 14.6. The fourth-order valence-electron chi connectivity index (χ4n) is 15.8. The molecule has 0 aromatic heterocycles. The highest BCUT2D eigenvalue weighted by molar-refractivity contribution is 9.10. The zero-order valence-electron chi connectivity index (χ0n) is 69.7. The minimum absolute atomic E-state index is 0.000995. The van der Waals surface area contributed by atoms with Gasteiger partial charge >= 0.3 is 18.1 Å². The molecule has 0 spiro atoms. The lowest BCUT2D eigenvalue weighted by Crippen LogP contribution is -2.55. The molecule has 6 heterocycles. The number of amides is 8. The number of ether oxygens (including phenoxy) is 6. The van der Waals surface area contributed by atoms with Crippen molar-refractivity contribution in [3.05, 3.63) is 279 Å². The number of hydrogen-bond acceptors (Lipinski definition) is 16. The van der Waals surface area contributed by atoms with Crippen molar-refractivity contribution in [1.29, 1.82) is 0 Å². The van der Waals surface area contributed by atoms with Gasteiger partial charge in [0.15, 0.2) is 0 Å². The van der Waals surface area contributed by atoms with Crippen LogP contribution < -0.4 is 33.7 Å². The van der Waals surface area contributed by atoms with Crippen LogP contribution in [0.4, 0.5) is 14.4 Å². The number of urea groups is 3. The maximum atomic E-state index is 14.6. The Morgan fingerprint density at radius 3 is 1.09 bits per heavy atom. The van der Waals surface area contributed by atoms with Gasteiger partial charge in [-0.15, -0.1) is 0 Å². The molecule has 0 unspecified atom stereocenters. The first kappa shape index (κ1) is 90.3. The highest BCUT2D eigenvalue weighted by Crippen LogP contribution is 2.50. The molecule has 0 saturated carbocycles. The van der Waals surface area contributed by atoms with Gasteiger partial charge in [-0.1, -0.05) is 151 Å². The molecular formula is C93H98Br2Cl4N12O12. The predicted molar refractivity (Wildman–Crippen MR) is 487 cm³/mol. The Morgan fingerprint density at radius 2 is 0.756 bits per heavy atom. The van der Waals surface area contributed by atoms with Gasteiger partial charge in [-0.3, -0.25) is 44.2 Å². The third kappa shape index (κ3) is 21.3. The number of benzene rings is 9. The number of aliphatic hydroxyl groups excluding tert-OH is 1. The first-order chi connectivity index (χ1) is 59.3. The summed E-state index contributed by atoms with van der Waals surface area (Å²) in [6.45, 7) is 17.5. The average Bonchev–Trinajstić information content (AvgIpc) is 1.61. The summed E-state index contributed by atoms with van der Waals surface area (Å²) < 4.78 is 36.9. The van der Waals surface area contributed by atoms with Gasteiger partial charge in [0.05, 0.1) is 81.6 Å². The lowest BCUT2D eigenvalue weighted by molar-refractivity contribution is -0.130. The smallest absolute Gasteiger partial charge is 0.326 e. The maximum absolute atomic E-state index is 14.6. The fraction of sp³-hybridized carbons (Fsp3) is 0.333. The van der Waals surface area contributed by atoms with E-state index in [4.69, 9.17) is 89.8 Å². The van der Waals surface area contributed by atoms with E-state index < -0.39 is 24.2 Å². The standard InChI is InChI=1S/C32H34Cl2N4O4.C31H34Br2N4O4.C30H30Cl2N4O4/c1-20(2)42-28-19-26(41-4)13-14-27(28)31-35-29(22-5-9-24(33)10-6-22)30(23-7-11-25(34)12-8-23)38(31)32(40)37-17-15-36(16-18-37)21(3)39;1-3-41-27-20-25(40-2)12-13-26(27)30-34-28(21-4-8-23(32)9-5-21)29(22-6-10-24(33)11-7-22)37(30)31(39)36-16-14-35(15-17-36)18-19-38;1-18(2)40-25-16-23(39-3)12-13-24(25)29-34-27(19-4-8-21(31)9-5-19)28(20-6-10-22(32)11-7-20)36(29)30(38)35-15-14-33-26(37)17-35/h5-14,19-20,29-30H,15-18H2,1-4H3;4-13,20,28-29,38H,3,14-19H2,1-2H3;4-13,16,18,27-28H,14-15,17H2,1-3H3,(H,33,37)/t29-,30+;28-,29+;27-,28+/m110/s1. The number of nitrogens with one attached hydrogen (secondary N) is 1. The normalized spacial score (nSPS) is 19.0. The van der Waals surface area contributed by atoms with Crippen LogP contribution in [-0.2, 0) is 9.59 Å². The Balaban J connectivity index is 0.000000159. The molecule has 3 fully saturated rings. The van der Waals surface area contributed by atoms with Crippen molar-refractivity contribution in [3.8, 4) is 34.5 Å². The van der Waals surface area contributed by atoms with Gasteiger partial charge in [0.2, 0.25) is 11.8 Å². The summed E-state index contributed by atoms with van der Waals surface area (Å²) in [6, 6.07) is 59.5. The molecule has 0 radical (unpaired) electrons. The quantitative estimate of drug-likeness (QED) is 0.0723. The number of β-amino-alcohol motifs (C(OH)–C–C–N with tert-alkyl or cyclic N) is 1. The van der Waals surface area contributed by atoms with Crippen molar-refractivity contribution in [2.45, 2.75) is 90.0 Å². The summed E-state index contributed by atoms with van der Waals surface area (Å²) in [4.78, 5) is 97.9. The van der Waals surface area contributed by atoms with E-state index in [0.29, 0.717) is 162 Å². The van der Waals surface area contributed by atoms with E-state index in [1.165, 1.54) is 0 Å². The minimum Gasteiger partial charge on any atom is -0.497 e. The van der Waals surface area contributed by atoms with Gasteiger partial charge in [-0.25, -0.2) is 14.4 Å². The van der Waals surface area contributed by atoms with Crippen molar-refractivity contribution in [1.82, 2.24) is 44.5 Å². The first-order valence-electron chi connectivity index (χ1n) is 40.7. The van der Waals surface area contributed by atoms with Gasteiger partial charge in [0, 0.05) is 126 Å². The number of nitrogens with zero attached hydrogens (tertiary/aromatic N) is 11.